The molecule has 3 fully saturated rings. The molecule has 0 amide bonds. The number of hydrogen-bond donors (Lipinski definition) is 2. The van der Waals surface area contributed by atoms with Crippen LogP contribution in [0.4, 0.5) is 10.2 Å². The first-order valence-corrected chi connectivity index (χ1v) is 14.2. The number of ether oxygens (including phenoxy) is 1. The number of piperidine rings is 1. The molecule has 8 nitrogen and oxygen atoms in total. The third-order valence-corrected chi connectivity index (χ3v) is 9.25. The highest BCUT2D eigenvalue weighted by Gasteiger charge is 2.44. The number of fused-ring (bicyclic) bond motifs is 2. The second-order valence-corrected chi connectivity index (χ2v) is 12.1. The maximum Gasteiger partial charge on any atom is 0.319 e. The lowest BCUT2D eigenvalue weighted by Crippen LogP contribution is -2.54. The zero-order chi connectivity index (χ0) is 26.7. The van der Waals surface area contributed by atoms with Crippen molar-refractivity contribution >= 4 is 39.2 Å². The highest BCUT2D eigenvalue weighted by molar-refractivity contribution is 6.35. The van der Waals surface area contributed by atoms with E-state index in [0.717, 1.165) is 80.6 Å². The zero-order valence-corrected chi connectivity index (χ0v) is 23.1. The molecular formula is C29H33ClFN7O. The second kappa shape index (κ2) is 9.57. The number of hydrogen-bond acceptors (Lipinski definition) is 7. The van der Waals surface area contributed by atoms with Crippen LogP contribution < -0.4 is 15.0 Å². The molecule has 2 N–H and O–H groups in total. The second-order valence-electron chi connectivity index (χ2n) is 11.7. The first-order valence-electron chi connectivity index (χ1n) is 13.8. The minimum absolute atomic E-state index is 0.231. The summed E-state index contributed by atoms with van der Waals surface area (Å²) in [7, 11) is 2.15. The molecule has 0 aliphatic carbocycles. The van der Waals surface area contributed by atoms with Crippen molar-refractivity contribution in [3.8, 4) is 17.1 Å². The van der Waals surface area contributed by atoms with E-state index in [9.17, 15) is 0 Å². The molecule has 2 aromatic carbocycles. The Bertz CT molecular complexity index is 1560. The van der Waals surface area contributed by atoms with Crippen LogP contribution in [0.25, 0.3) is 32.9 Å². The Hall–Kier alpha value is -3.01. The van der Waals surface area contributed by atoms with Crippen LogP contribution in [0.2, 0.25) is 5.02 Å². The molecule has 1 spiro atoms. The predicted octanol–water partition coefficient (Wildman–Crippen LogP) is 4.79. The quantitative estimate of drug-likeness (QED) is 0.370. The normalized spacial score (nSPS) is 19.8. The smallest absolute Gasteiger partial charge is 0.319 e. The largest absolute Gasteiger partial charge is 0.463 e. The van der Waals surface area contributed by atoms with Crippen molar-refractivity contribution in [1.82, 2.24) is 30.4 Å². The van der Waals surface area contributed by atoms with Gasteiger partial charge in [-0.3, -0.25) is 5.10 Å². The molecule has 0 unspecified atom stereocenters. The van der Waals surface area contributed by atoms with Gasteiger partial charge in [-0.25, -0.2) is 4.39 Å². The van der Waals surface area contributed by atoms with Crippen LogP contribution in [-0.2, 0) is 0 Å². The molecular weight excluding hydrogens is 517 g/mol. The number of halogens is 2. The van der Waals surface area contributed by atoms with E-state index in [4.69, 9.17) is 21.3 Å². The van der Waals surface area contributed by atoms with E-state index in [1.165, 1.54) is 0 Å². The van der Waals surface area contributed by atoms with E-state index >= 15 is 4.39 Å². The SMILES string of the molecule is Cc1ccc2[nH]ncc2c1-c1c(Cl)cc2c(N3CCC4(CNC4)C3)nc(OCC3CCN(C)CC3)nc2c1F. The lowest BCUT2D eigenvalue weighted by Gasteiger charge is -2.39. The van der Waals surface area contributed by atoms with Crippen molar-refractivity contribution in [2.24, 2.45) is 11.3 Å². The lowest BCUT2D eigenvalue weighted by molar-refractivity contribution is 0.154. The third-order valence-electron chi connectivity index (χ3n) is 8.95. The van der Waals surface area contributed by atoms with E-state index in [1.807, 2.05) is 25.1 Å². The Kier molecular flexibility index (Phi) is 6.13. The third kappa shape index (κ3) is 4.31. The van der Waals surface area contributed by atoms with Crippen LogP contribution >= 0.6 is 11.6 Å². The van der Waals surface area contributed by atoms with Crippen LogP contribution in [0.1, 0.15) is 24.8 Å². The van der Waals surface area contributed by atoms with Crippen molar-refractivity contribution in [3.05, 3.63) is 40.8 Å². The monoisotopic (exact) mass is 549 g/mol. The van der Waals surface area contributed by atoms with Gasteiger partial charge in [-0.2, -0.15) is 15.1 Å². The Morgan fingerprint density at radius 1 is 1.13 bits per heavy atom. The summed E-state index contributed by atoms with van der Waals surface area (Å²) in [5, 5.41) is 12.3. The fourth-order valence-corrected chi connectivity index (χ4v) is 6.74. The van der Waals surface area contributed by atoms with Crippen LogP contribution in [0, 0.1) is 24.1 Å². The zero-order valence-electron chi connectivity index (χ0n) is 22.4. The molecule has 0 bridgehead atoms. The summed E-state index contributed by atoms with van der Waals surface area (Å²) in [6, 6.07) is 5.96. The van der Waals surface area contributed by atoms with Crippen molar-refractivity contribution in [1.29, 1.82) is 0 Å². The number of likely N-dealkylation sites (tertiary alicyclic amines) is 1. The molecule has 39 heavy (non-hydrogen) atoms. The lowest BCUT2D eigenvalue weighted by atomic mass is 9.81. The first-order chi connectivity index (χ1) is 18.9. The molecule has 0 radical (unpaired) electrons. The van der Waals surface area contributed by atoms with Gasteiger partial charge in [0.05, 0.1) is 23.3 Å². The van der Waals surface area contributed by atoms with Gasteiger partial charge in [-0.05, 0) is 69.9 Å². The van der Waals surface area contributed by atoms with E-state index in [0.29, 0.717) is 34.3 Å². The number of H-pyrrole nitrogens is 1. The van der Waals surface area contributed by atoms with Crippen LogP contribution in [-0.4, -0.2) is 78.0 Å². The number of benzene rings is 2. The molecule has 3 aliphatic rings. The average Bonchev–Trinajstić information content (AvgIpc) is 3.57. The minimum Gasteiger partial charge on any atom is -0.463 e. The van der Waals surface area contributed by atoms with Crippen molar-refractivity contribution < 1.29 is 9.13 Å². The topological polar surface area (TPSA) is 82.2 Å². The van der Waals surface area contributed by atoms with Crippen LogP contribution in [0.3, 0.4) is 0 Å². The highest BCUT2D eigenvalue weighted by Crippen LogP contribution is 2.44. The van der Waals surface area contributed by atoms with Crippen molar-refractivity contribution in [2.45, 2.75) is 26.2 Å². The Balaban J connectivity index is 1.34. The van der Waals surface area contributed by atoms with E-state index < -0.39 is 5.82 Å². The molecule has 0 saturated carbocycles. The molecule has 204 valence electrons. The average molecular weight is 550 g/mol. The fraction of sp³-hybridized carbons (Fsp3) is 0.483. The molecule has 7 rings (SSSR count). The standard InChI is InChI=1S/C29H33ClFN7O/c1-17-3-4-22-20(12-33-36-22)23(17)24-21(30)11-19-26(25(24)31)34-28(39-13-18-5-8-37(2)9-6-18)35-27(19)38-10-7-29(16-38)14-32-15-29/h3-4,11-12,18,32H,5-10,13-16H2,1-2H3,(H,33,36). The number of aromatic nitrogens is 4. The molecule has 5 heterocycles. The van der Waals surface area contributed by atoms with Gasteiger partial charge in [0.15, 0.2) is 5.82 Å². The summed E-state index contributed by atoms with van der Waals surface area (Å²) in [4.78, 5) is 14.1. The van der Waals surface area contributed by atoms with Gasteiger partial charge in [0.2, 0.25) is 0 Å². The Morgan fingerprint density at radius 2 is 1.95 bits per heavy atom. The van der Waals surface area contributed by atoms with Gasteiger partial charge in [-0.15, -0.1) is 0 Å². The number of anilines is 1. The summed E-state index contributed by atoms with van der Waals surface area (Å²) < 4.78 is 22.8. The van der Waals surface area contributed by atoms with Gasteiger partial charge in [0, 0.05) is 53.5 Å². The number of rotatable bonds is 5. The molecule has 2 aromatic heterocycles. The summed E-state index contributed by atoms with van der Waals surface area (Å²) in [6.07, 6.45) is 4.93. The molecule has 10 heteroatoms. The fourth-order valence-electron chi connectivity index (χ4n) is 6.46. The summed E-state index contributed by atoms with van der Waals surface area (Å²) in [5.41, 5.74) is 3.29. The first kappa shape index (κ1) is 25.0. The van der Waals surface area contributed by atoms with E-state index in [2.05, 4.69) is 37.3 Å². The number of nitrogens with one attached hydrogen (secondary N) is 2. The van der Waals surface area contributed by atoms with E-state index in [-0.39, 0.29) is 16.9 Å². The molecule has 3 saturated heterocycles. The van der Waals surface area contributed by atoms with Gasteiger partial charge >= 0.3 is 6.01 Å². The number of aromatic amines is 1. The number of aryl methyl sites for hydroxylation is 1. The molecule has 4 aromatic rings. The summed E-state index contributed by atoms with van der Waals surface area (Å²) >= 11 is 6.88. The van der Waals surface area contributed by atoms with Crippen molar-refractivity contribution in [3.63, 3.8) is 0 Å². The van der Waals surface area contributed by atoms with E-state index in [1.54, 1.807) is 6.20 Å². The predicted molar refractivity (Wildman–Crippen MR) is 152 cm³/mol. The molecule has 0 atom stereocenters. The van der Waals surface area contributed by atoms with Gasteiger partial charge in [-0.1, -0.05) is 17.7 Å². The minimum atomic E-state index is -0.457. The van der Waals surface area contributed by atoms with Crippen LogP contribution in [0.5, 0.6) is 6.01 Å². The Labute approximate surface area is 231 Å². The Morgan fingerprint density at radius 3 is 2.69 bits per heavy atom. The summed E-state index contributed by atoms with van der Waals surface area (Å²) in [6.45, 7) is 8.32. The van der Waals surface area contributed by atoms with Gasteiger partial charge in [0.1, 0.15) is 11.3 Å². The highest BCUT2D eigenvalue weighted by atomic mass is 35.5. The van der Waals surface area contributed by atoms with Crippen molar-refractivity contribution in [2.75, 3.05) is 57.8 Å². The summed E-state index contributed by atoms with van der Waals surface area (Å²) in [5.74, 6) is 0.682. The van der Waals surface area contributed by atoms with Gasteiger partial charge < -0.3 is 19.9 Å². The van der Waals surface area contributed by atoms with Gasteiger partial charge in [0.25, 0.3) is 0 Å². The molecule has 3 aliphatic heterocycles. The van der Waals surface area contributed by atoms with Crippen LogP contribution in [0.15, 0.2) is 24.4 Å². The maximum absolute atomic E-state index is 16.6. The maximum atomic E-state index is 16.6. The number of nitrogens with zero attached hydrogens (tertiary/aromatic N) is 5.